The molecule has 1 fully saturated rings. The number of carbonyl (C=O) groups excluding carboxylic acids is 2. The summed E-state index contributed by atoms with van der Waals surface area (Å²) in [6, 6.07) is 7.05. The van der Waals surface area contributed by atoms with Gasteiger partial charge in [0.15, 0.2) is 0 Å². The van der Waals surface area contributed by atoms with Crippen molar-refractivity contribution >= 4 is 17.5 Å². The van der Waals surface area contributed by atoms with Crippen LogP contribution < -0.4 is 10.9 Å². The maximum atomic E-state index is 13.2. The van der Waals surface area contributed by atoms with Crippen molar-refractivity contribution in [2.24, 2.45) is 13.0 Å². The van der Waals surface area contributed by atoms with Gasteiger partial charge in [-0.3, -0.25) is 14.4 Å². The van der Waals surface area contributed by atoms with Crippen LogP contribution in [0.25, 0.3) is 0 Å². The van der Waals surface area contributed by atoms with E-state index in [0.717, 1.165) is 17.5 Å². The number of nitrogens with one attached hydrogen (secondary N) is 1. The molecule has 0 saturated carbocycles. The van der Waals surface area contributed by atoms with E-state index in [2.05, 4.69) is 10.4 Å². The summed E-state index contributed by atoms with van der Waals surface area (Å²) in [6.45, 7) is 2.95. The number of aryl methyl sites for hydroxylation is 2. The molecule has 2 aromatic rings. The maximum absolute atomic E-state index is 13.2. The number of halogens is 1. The Kier molecular flexibility index (Phi) is 6.41. The Balaban J connectivity index is 1.54. The third-order valence-electron chi connectivity index (χ3n) is 5.23. The Morgan fingerprint density at radius 1 is 1.28 bits per heavy atom. The number of nitrogens with zero attached hydrogens (tertiary/aromatic N) is 3. The number of piperidine rings is 1. The van der Waals surface area contributed by atoms with Crippen LogP contribution >= 0.6 is 0 Å². The number of anilines is 1. The van der Waals surface area contributed by atoms with Gasteiger partial charge >= 0.3 is 0 Å². The summed E-state index contributed by atoms with van der Waals surface area (Å²) in [5.41, 5.74) is 1.27. The average Bonchev–Trinajstić information content (AvgIpc) is 2.70. The number of likely N-dealkylation sites (tertiary alicyclic amines) is 1. The molecule has 1 aliphatic heterocycles. The minimum absolute atomic E-state index is 0.122. The molecule has 1 aromatic heterocycles. The second kappa shape index (κ2) is 8.98. The van der Waals surface area contributed by atoms with E-state index in [9.17, 15) is 18.8 Å². The van der Waals surface area contributed by atoms with Crippen LogP contribution in [0.1, 0.15) is 41.7 Å². The SMILES string of the molecule is Cc1cc(F)ccc1NC(=O)CCC1CCCN(C(=O)c2ccc(=O)n(C)n2)C1. The summed E-state index contributed by atoms with van der Waals surface area (Å²) in [5, 5.41) is 6.85. The first-order chi connectivity index (χ1) is 13.8. The van der Waals surface area contributed by atoms with Crippen molar-refractivity contribution in [2.45, 2.75) is 32.6 Å². The highest BCUT2D eigenvalue weighted by Gasteiger charge is 2.26. The normalized spacial score (nSPS) is 16.5. The van der Waals surface area contributed by atoms with Crippen molar-refractivity contribution in [1.82, 2.24) is 14.7 Å². The van der Waals surface area contributed by atoms with Crippen molar-refractivity contribution in [3.8, 4) is 0 Å². The van der Waals surface area contributed by atoms with Gasteiger partial charge in [-0.25, -0.2) is 9.07 Å². The predicted octanol–water partition coefficient (Wildman–Crippen LogP) is 2.50. The van der Waals surface area contributed by atoms with Gasteiger partial charge < -0.3 is 10.2 Å². The zero-order valence-corrected chi connectivity index (χ0v) is 16.7. The molecule has 0 radical (unpaired) electrons. The lowest BCUT2D eigenvalue weighted by Crippen LogP contribution is -2.41. The summed E-state index contributed by atoms with van der Waals surface area (Å²) in [4.78, 5) is 38.2. The molecule has 2 heterocycles. The Hall–Kier alpha value is -3.03. The molecule has 1 aromatic carbocycles. The van der Waals surface area contributed by atoms with E-state index < -0.39 is 0 Å². The van der Waals surface area contributed by atoms with Gasteiger partial charge in [-0.15, -0.1) is 0 Å². The zero-order valence-electron chi connectivity index (χ0n) is 16.7. The van der Waals surface area contributed by atoms with E-state index in [1.54, 1.807) is 17.9 Å². The summed E-state index contributed by atoms with van der Waals surface area (Å²) < 4.78 is 14.3. The van der Waals surface area contributed by atoms with Crippen molar-refractivity contribution in [2.75, 3.05) is 18.4 Å². The molecule has 3 rings (SSSR count). The van der Waals surface area contributed by atoms with Crippen LogP contribution in [0.5, 0.6) is 0 Å². The van der Waals surface area contributed by atoms with Gasteiger partial charge in [-0.05, 0) is 61.9 Å². The molecule has 0 bridgehead atoms. The predicted molar refractivity (Wildman–Crippen MR) is 107 cm³/mol. The van der Waals surface area contributed by atoms with E-state index in [-0.39, 0.29) is 34.8 Å². The molecule has 154 valence electrons. The van der Waals surface area contributed by atoms with Crippen molar-refractivity contribution in [1.29, 1.82) is 0 Å². The number of rotatable bonds is 5. The van der Waals surface area contributed by atoms with Crippen LogP contribution in [0, 0.1) is 18.7 Å². The van der Waals surface area contributed by atoms with E-state index >= 15 is 0 Å². The summed E-state index contributed by atoms with van der Waals surface area (Å²) >= 11 is 0. The van der Waals surface area contributed by atoms with Gasteiger partial charge in [0.1, 0.15) is 11.5 Å². The van der Waals surface area contributed by atoms with Crippen molar-refractivity contribution in [3.63, 3.8) is 0 Å². The molecule has 0 aliphatic carbocycles. The minimum atomic E-state index is -0.333. The number of amides is 2. The second-order valence-corrected chi connectivity index (χ2v) is 7.49. The average molecular weight is 400 g/mol. The Morgan fingerprint density at radius 3 is 2.79 bits per heavy atom. The molecule has 1 atom stereocenters. The summed E-state index contributed by atoms with van der Waals surface area (Å²) in [6.07, 6.45) is 2.81. The first-order valence-electron chi connectivity index (χ1n) is 9.73. The molecular weight excluding hydrogens is 375 g/mol. The smallest absolute Gasteiger partial charge is 0.274 e. The number of hydrogen-bond donors (Lipinski definition) is 1. The fourth-order valence-corrected chi connectivity index (χ4v) is 3.58. The topological polar surface area (TPSA) is 84.3 Å². The minimum Gasteiger partial charge on any atom is -0.337 e. The molecular formula is C21H25FN4O3. The zero-order chi connectivity index (χ0) is 21.0. The molecule has 1 aliphatic rings. The third-order valence-corrected chi connectivity index (χ3v) is 5.23. The molecule has 7 nitrogen and oxygen atoms in total. The van der Waals surface area contributed by atoms with Crippen molar-refractivity contribution in [3.05, 3.63) is 57.8 Å². The van der Waals surface area contributed by atoms with Gasteiger partial charge in [0, 0.05) is 38.3 Å². The van der Waals surface area contributed by atoms with E-state index in [1.165, 1.54) is 31.3 Å². The van der Waals surface area contributed by atoms with Crippen LogP contribution in [0.2, 0.25) is 0 Å². The van der Waals surface area contributed by atoms with Gasteiger partial charge in [0.25, 0.3) is 11.5 Å². The van der Waals surface area contributed by atoms with Crippen LogP contribution in [0.3, 0.4) is 0 Å². The van der Waals surface area contributed by atoms with E-state index in [1.807, 2.05) is 0 Å². The third kappa shape index (κ3) is 5.28. The Morgan fingerprint density at radius 2 is 2.07 bits per heavy atom. The van der Waals surface area contributed by atoms with Gasteiger partial charge in [0.05, 0.1) is 0 Å². The van der Waals surface area contributed by atoms with Crippen LogP contribution in [-0.4, -0.2) is 39.6 Å². The second-order valence-electron chi connectivity index (χ2n) is 7.49. The van der Waals surface area contributed by atoms with Gasteiger partial charge in [-0.1, -0.05) is 0 Å². The molecule has 1 N–H and O–H groups in total. The fourth-order valence-electron chi connectivity index (χ4n) is 3.58. The lowest BCUT2D eigenvalue weighted by atomic mass is 9.93. The first-order valence-corrected chi connectivity index (χ1v) is 9.73. The number of hydrogen-bond acceptors (Lipinski definition) is 4. The van der Waals surface area contributed by atoms with Crippen LogP contribution in [-0.2, 0) is 11.8 Å². The van der Waals surface area contributed by atoms with Gasteiger partial charge in [0.2, 0.25) is 5.91 Å². The largest absolute Gasteiger partial charge is 0.337 e. The summed E-state index contributed by atoms with van der Waals surface area (Å²) in [7, 11) is 1.51. The molecule has 1 unspecified atom stereocenters. The van der Waals surface area contributed by atoms with Gasteiger partial charge in [-0.2, -0.15) is 5.10 Å². The molecule has 0 spiro atoms. The monoisotopic (exact) mass is 400 g/mol. The highest BCUT2D eigenvalue weighted by Crippen LogP contribution is 2.23. The Labute approximate surface area is 168 Å². The number of carbonyl (C=O) groups is 2. The van der Waals surface area contributed by atoms with Crippen LogP contribution in [0.15, 0.2) is 35.1 Å². The van der Waals surface area contributed by atoms with Crippen LogP contribution in [0.4, 0.5) is 10.1 Å². The van der Waals surface area contributed by atoms with E-state index in [0.29, 0.717) is 37.2 Å². The maximum Gasteiger partial charge on any atom is 0.274 e. The fraction of sp³-hybridized carbons (Fsp3) is 0.429. The first kappa shape index (κ1) is 20.7. The molecule has 29 heavy (non-hydrogen) atoms. The Bertz CT molecular complexity index is 973. The highest BCUT2D eigenvalue weighted by atomic mass is 19.1. The standard InChI is InChI=1S/C21H25FN4O3/c1-14-12-16(22)6-7-17(14)23-19(27)9-5-15-4-3-11-26(13-15)21(29)18-8-10-20(28)25(2)24-18/h6-8,10,12,15H,3-5,9,11,13H2,1-2H3,(H,23,27). The quantitative estimate of drug-likeness (QED) is 0.836. The molecule has 1 saturated heterocycles. The lowest BCUT2D eigenvalue weighted by molar-refractivity contribution is -0.116. The number of aromatic nitrogens is 2. The van der Waals surface area contributed by atoms with Crippen molar-refractivity contribution < 1.29 is 14.0 Å². The lowest BCUT2D eigenvalue weighted by Gasteiger charge is -2.32. The number of benzene rings is 1. The highest BCUT2D eigenvalue weighted by molar-refractivity contribution is 5.92. The van der Waals surface area contributed by atoms with E-state index in [4.69, 9.17) is 0 Å². The molecule has 8 heteroatoms. The molecule has 2 amide bonds. The summed E-state index contributed by atoms with van der Waals surface area (Å²) in [5.74, 6) is -0.430.